The third-order valence-corrected chi connectivity index (χ3v) is 2.38. The van der Waals surface area contributed by atoms with Crippen molar-refractivity contribution in [2.75, 3.05) is 12.4 Å². The SMILES string of the molecule is COc1ccc(C(C)(C)C)cc1NC(C)=O. The molecule has 0 saturated carbocycles. The Hall–Kier alpha value is -1.51. The van der Waals surface area contributed by atoms with Gasteiger partial charge in [0.05, 0.1) is 12.8 Å². The molecule has 16 heavy (non-hydrogen) atoms. The minimum atomic E-state index is -0.0932. The summed E-state index contributed by atoms with van der Waals surface area (Å²) in [7, 11) is 1.59. The number of ether oxygens (including phenoxy) is 1. The molecule has 1 aromatic carbocycles. The number of anilines is 1. The molecule has 1 aromatic rings. The van der Waals surface area contributed by atoms with E-state index in [9.17, 15) is 4.79 Å². The molecule has 1 rings (SSSR count). The molecule has 0 radical (unpaired) electrons. The van der Waals surface area contributed by atoms with Gasteiger partial charge in [-0.1, -0.05) is 26.8 Å². The van der Waals surface area contributed by atoms with Crippen molar-refractivity contribution in [1.82, 2.24) is 0 Å². The standard InChI is InChI=1S/C13H19NO2/c1-9(15)14-11-8-10(13(2,3)4)6-7-12(11)16-5/h6-8H,1-5H3,(H,14,15). The highest BCUT2D eigenvalue weighted by molar-refractivity contribution is 5.90. The molecule has 0 aliphatic carbocycles. The third kappa shape index (κ3) is 2.99. The van der Waals surface area contributed by atoms with Crippen LogP contribution in [0.1, 0.15) is 33.3 Å². The van der Waals surface area contributed by atoms with E-state index < -0.39 is 0 Å². The number of rotatable bonds is 2. The lowest BCUT2D eigenvalue weighted by atomic mass is 9.87. The van der Waals surface area contributed by atoms with E-state index >= 15 is 0 Å². The summed E-state index contributed by atoms with van der Waals surface area (Å²) in [5.41, 5.74) is 1.94. The summed E-state index contributed by atoms with van der Waals surface area (Å²) in [5.74, 6) is 0.590. The first-order valence-electron chi connectivity index (χ1n) is 5.30. The predicted octanol–water partition coefficient (Wildman–Crippen LogP) is 2.95. The molecule has 0 aromatic heterocycles. The van der Waals surface area contributed by atoms with E-state index in [1.54, 1.807) is 7.11 Å². The Morgan fingerprint density at radius 2 is 1.94 bits per heavy atom. The summed E-state index contributed by atoms with van der Waals surface area (Å²) in [6, 6.07) is 5.86. The molecule has 0 atom stereocenters. The van der Waals surface area contributed by atoms with Gasteiger partial charge < -0.3 is 10.1 Å². The second kappa shape index (κ2) is 4.56. The summed E-state index contributed by atoms with van der Waals surface area (Å²) in [5, 5.41) is 2.77. The summed E-state index contributed by atoms with van der Waals surface area (Å²) in [6.45, 7) is 7.88. The maximum atomic E-state index is 11.1. The zero-order valence-corrected chi connectivity index (χ0v) is 10.5. The first kappa shape index (κ1) is 12.6. The molecule has 0 aliphatic rings. The smallest absolute Gasteiger partial charge is 0.221 e. The lowest BCUT2D eigenvalue weighted by Gasteiger charge is -2.21. The van der Waals surface area contributed by atoms with Crippen LogP contribution in [0.5, 0.6) is 5.75 Å². The topological polar surface area (TPSA) is 38.3 Å². The first-order chi connectivity index (χ1) is 7.34. The van der Waals surface area contributed by atoms with Gasteiger partial charge in [0.1, 0.15) is 5.75 Å². The quantitative estimate of drug-likeness (QED) is 0.833. The lowest BCUT2D eigenvalue weighted by Crippen LogP contribution is -2.13. The fourth-order valence-electron chi connectivity index (χ4n) is 1.46. The minimum Gasteiger partial charge on any atom is -0.495 e. The van der Waals surface area contributed by atoms with Crippen LogP contribution in [0, 0.1) is 0 Å². The van der Waals surface area contributed by atoms with Crippen molar-refractivity contribution in [3.8, 4) is 5.75 Å². The second-order valence-corrected chi connectivity index (χ2v) is 4.85. The van der Waals surface area contributed by atoms with Crippen molar-refractivity contribution in [2.45, 2.75) is 33.1 Å². The van der Waals surface area contributed by atoms with E-state index in [1.165, 1.54) is 6.92 Å². The maximum absolute atomic E-state index is 11.1. The highest BCUT2D eigenvalue weighted by atomic mass is 16.5. The van der Waals surface area contributed by atoms with Crippen LogP contribution in [0.4, 0.5) is 5.69 Å². The van der Waals surface area contributed by atoms with Crippen molar-refractivity contribution in [3.05, 3.63) is 23.8 Å². The van der Waals surface area contributed by atoms with Crippen LogP contribution in [0.3, 0.4) is 0 Å². The average molecular weight is 221 g/mol. The molecule has 0 spiro atoms. The van der Waals surface area contributed by atoms with E-state index in [-0.39, 0.29) is 11.3 Å². The lowest BCUT2D eigenvalue weighted by molar-refractivity contribution is -0.114. The predicted molar refractivity (Wildman–Crippen MR) is 66.0 cm³/mol. The van der Waals surface area contributed by atoms with Crippen LogP contribution >= 0.6 is 0 Å². The van der Waals surface area contributed by atoms with Crippen LogP contribution in [0.15, 0.2) is 18.2 Å². The number of carbonyl (C=O) groups excluding carboxylic acids is 1. The molecular formula is C13H19NO2. The van der Waals surface area contributed by atoms with Gasteiger partial charge in [0, 0.05) is 6.92 Å². The third-order valence-electron chi connectivity index (χ3n) is 2.38. The van der Waals surface area contributed by atoms with Crippen LogP contribution in [-0.4, -0.2) is 13.0 Å². The molecule has 0 fully saturated rings. The molecular weight excluding hydrogens is 202 g/mol. The molecule has 1 N–H and O–H groups in total. The molecule has 88 valence electrons. The van der Waals surface area contributed by atoms with E-state index in [4.69, 9.17) is 4.74 Å². The second-order valence-electron chi connectivity index (χ2n) is 4.85. The van der Waals surface area contributed by atoms with Crippen LogP contribution in [0.2, 0.25) is 0 Å². The molecule has 0 unspecified atom stereocenters. The zero-order valence-electron chi connectivity index (χ0n) is 10.5. The van der Waals surface area contributed by atoms with Crippen molar-refractivity contribution >= 4 is 11.6 Å². The Bertz CT molecular complexity index is 391. The Balaban J connectivity index is 3.16. The molecule has 1 amide bonds. The van der Waals surface area contributed by atoms with Gasteiger partial charge in [0.25, 0.3) is 0 Å². The van der Waals surface area contributed by atoms with Gasteiger partial charge in [-0.2, -0.15) is 0 Å². The highest BCUT2D eigenvalue weighted by Gasteiger charge is 2.16. The summed E-state index contributed by atoms with van der Waals surface area (Å²) in [4.78, 5) is 11.1. The number of amides is 1. The van der Waals surface area contributed by atoms with Crippen LogP contribution in [-0.2, 0) is 10.2 Å². The monoisotopic (exact) mass is 221 g/mol. The van der Waals surface area contributed by atoms with Crippen LogP contribution in [0.25, 0.3) is 0 Å². The van der Waals surface area contributed by atoms with Crippen molar-refractivity contribution < 1.29 is 9.53 Å². The Kier molecular flexibility index (Phi) is 3.58. The van der Waals surface area contributed by atoms with E-state index in [1.807, 2.05) is 18.2 Å². The van der Waals surface area contributed by atoms with Gasteiger partial charge in [-0.25, -0.2) is 0 Å². The number of carbonyl (C=O) groups is 1. The highest BCUT2D eigenvalue weighted by Crippen LogP contribution is 2.31. The number of benzene rings is 1. The Morgan fingerprint density at radius 1 is 1.31 bits per heavy atom. The van der Waals surface area contributed by atoms with Crippen molar-refractivity contribution in [2.24, 2.45) is 0 Å². The molecule has 0 bridgehead atoms. The van der Waals surface area contributed by atoms with E-state index in [2.05, 4.69) is 26.1 Å². The van der Waals surface area contributed by atoms with Crippen molar-refractivity contribution in [1.29, 1.82) is 0 Å². The van der Waals surface area contributed by atoms with E-state index in [0.717, 1.165) is 11.3 Å². The number of hydrogen-bond acceptors (Lipinski definition) is 2. The van der Waals surface area contributed by atoms with E-state index in [0.29, 0.717) is 5.75 Å². The van der Waals surface area contributed by atoms with Gasteiger partial charge in [-0.15, -0.1) is 0 Å². The molecule has 0 aliphatic heterocycles. The van der Waals surface area contributed by atoms with Gasteiger partial charge in [-0.3, -0.25) is 4.79 Å². The van der Waals surface area contributed by atoms with Gasteiger partial charge >= 0.3 is 0 Å². The number of hydrogen-bond donors (Lipinski definition) is 1. The first-order valence-corrected chi connectivity index (χ1v) is 5.30. The fraction of sp³-hybridized carbons (Fsp3) is 0.462. The number of nitrogens with one attached hydrogen (secondary N) is 1. The van der Waals surface area contributed by atoms with Crippen molar-refractivity contribution in [3.63, 3.8) is 0 Å². The largest absolute Gasteiger partial charge is 0.495 e. The Morgan fingerprint density at radius 3 is 2.38 bits per heavy atom. The molecule has 0 saturated heterocycles. The zero-order chi connectivity index (χ0) is 12.3. The molecule has 3 nitrogen and oxygen atoms in total. The van der Waals surface area contributed by atoms with Gasteiger partial charge in [-0.05, 0) is 23.1 Å². The minimum absolute atomic E-state index is 0.0551. The summed E-state index contributed by atoms with van der Waals surface area (Å²) >= 11 is 0. The van der Waals surface area contributed by atoms with Crippen LogP contribution < -0.4 is 10.1 Å². The summed E-state index contributed by atoms with van der Waals surface area (Å²) < 4.78 is 5.20. The number of methoxy groups -OCH3 is 1. The fourth-order valence-corrected chi connectivity index (χ4v) is 1.46. The molecule has 3 heteroatoms. The van der Waals surface area contributed by atoms with Gasteiger partial charge in [0.2, 0.25) is 5.91 Å². The Labute approximate surface area is 96.8 Å². The normalized spacial score (nSPS) is 11.1. The maximum Gasteiger partial charge on any atom is 0.221 e. The molecule has 0 heterocycles. The average Bonchev–Trinajstić information content (AvgIpc) is 2.15. The summed E-state index contributed by atoms with van der Waals surface area (Å²) in [6.07, 6.45) is 0. The van der Waals surface area contributed by atoms with Gasteiger partial charge in [0.15, 0.2) is 0 Å².